The number of oxazole rings is 1. The standard InChI is InChI=1S/C31H35N7O3/c39-27-19-38(16-12-26(27)37-13-9-21-5-1-2-6-22(21)18-37)30(40)25-17-29(33-20-32-25)34-23-10-14-36(15-11-23)31-35-24-7-3-4-8-28(24)41-31/h1-8,17,20,23,26-27,39H,9-16,18-19H2,(H,32,33,34)/t26-,27-/m1/s1. The molecule has 2 atom stereocenters. The Bertz CT molecular complexity index is 1500. The molecule has 1 amide bonds. The van der Waals surface area contributed by atoms with E-state index >= 15 is 0 Å². The lowest BCUT2D eigenvalue weighted by molar-refractivity contribution is -0.0139. The Balaban J connectivity index is 0.935. The molecule has 2 aromatic heterocycles. The highest BCUT2D eigenvalue weighted by Gasteiger charge is 2.36. The normalized spacial score (nSPS) is 22.1. The molecule has 7 rings (SSSR count). The van der Waals surface area contributed by atoms with Gasteiger partial charge in [0.1, 0.15) is 23.4 Å². The van der Waals surface area contributed by atoms with Crippen molar-refractivity contribution in [2.45, 2.75) is 50.4 Å². The zero-order chi connectivity index (χ0) is 27.8. The van der Waals surface area contributed by atoms with Gasteiger partial charge in [-0.15, -0.1) is 0 Å². The number of aliphatic hydroxyl groups excluding tert-OH is 1. The summed E-state index contributed by atoms with van der Waals surface area (Å²) in [5.74, 6) is 0.480. The molecule has 0 unspecified atom stereocenters. The van der Waals surface area contributed by atoms with Gasteiger partial charge in [0.2, 0.25) is 0 Å². The summed E-state index contributed by atoms with van der Waals surface area (Å²) in [5, 5.41) is 14.5. The van der Waals surface area contributed by atoms with Crippen LogP contribution < -0.4 is 10.2 Å². The lowest BCUT2D eigenvalue weighted by Crippen LogP contribution is -2.56. The SMILES string of the molecule is O=C(c1cc(NC2CCN(c3nc4ccccc4o3)CC2)ncn1)N1CC[C@@H](N2CCc3ccccc3C2)[C@H](O)C1. The van der Waals surface area contributed by atoms with Crippen molar-refractivity contribution >= 4 is 28.8 Å². The van der Waals surface area contributed by atoms with Crippen molar-refractivity contribution in [1.29, 1.82) is 0 Å². The minimum Gasteiger partial charge on any atom is -0.423 e. The van der Waals surface area contributed by atoms with E-state index in [1.165, 1.54) is 17.5 Å². The van der Waals surface area contributed by atoms with Gasteiger partial charge in [0.15, 0.2) is 5.58 Å². The van der Waals surface area contributed by atoms with Crippen molar-refractivity contribution in [2.75, 3.05) is 42.9 Å². The van der Waals surface area contributed by atoms with Gasteiger partial charge in [-0.25, -0.2) is 9.97 Å². The number of aliphatic hydroxyl groups is 1. The van der Waals surface area contributed by atoms with Crippen molar-refractivity contribution in [1.82, 2.24) is 24.8 Å². The molecule has 0 aliphatic carbocycles. The van der Waals surface area contributed by atoms with E-state index in [0.29, 0.717) is 30.6 Å². The maximum absolute atomic E-state index is 13.4. The lowest BCUT2D eigenvalue weighted by atomic mass is 9.94. The fourth-order valence-electron chi connectivity index (χ4n) is 6.47. The van der Waals surface area contributed by atoms with Gasteiger partial charge in [-0.1, -0.05) is 36.4 Å². The second-order valence-corrected chi connectivity index (χ2v) is 11.3. The Labute approximate surface area is 239 Å². The molecule has 2 N–H and O–H groups in total. The van der Waals surface area contributed by atoms with E-state index in [-0.39, 0.29) is 18.0 Å². The molecule has 2 saturated heterocycles. The van der Waals surface area contributed by atoms with Crippen LogP contribution in [0.2, 0.25) is 0 Å². The van der Waals surface area contributed by atoms with Crippen LogP contribution in [-0.2, 0) is 13.0 Å². The molecule has 2 aromatic carbocycles. The number of nitrogens with one attached hydrogen (secondary N) is 1. The van der Waals surface area contributed by atoms with Gasteiger partial charge < -0.3 is 24.6 Å². The first kappa shape index (κ1) is 25.9. The molecule has 10 heteroatoms. The minimum atomic E-state index is -0.594. The van der Waals surface area contributed by atoms with Crippen LogP contribution in [0.4, 0.5) is 11.8 Å². The Morgan fingerprint density at radius 2 is 1.76 bits per heavy atom. The van der Waals surface area contributed by atoms with Crippen LogP contribution in [0.3, 0.4) is 0 Å². The second-order valence-electron chi connectivity index (χ2n) is 11.3. The van der Waals surface area contributed by atoms with Crippen LogP contribution in [0.15, 0.2) is 65.3 Å². The molecule has 3 aliphatic rings. The van der Waals surface area contributed by atoms with Crippen LogP contribution in [0.25, 0.3) is 11.1 Å². The molecule has 212 valence electrons. The number of likely N-dealkylation sites (tertiary alicyclic amines) is 1. The summed E-state index contributed by atoms with van der Waals surface area (Å²) in [4.78, 5) is 32.9. The van der Waals surface area contributed by atoms with Crippen molar-refractivity contribution in [2.24, 2.45) is 0 Å². The Morgan fingerprint density at radius 3 is 2.59 bits per heavy atom. The third-order valence-corrected chi connectivity index (χ3v) is 8.75. The molecule has 0 spiro atoms. The first-order chi connectivity index (χ1) is 20.1. The van der Waals surface area contributed by atoms with Gasteiger partial charge in [-0.05, 0) is 48.9 Å². The Morgan fingerprint density at radius 1 is 0.951 bits per heavy atom. The smallest absolute Gasteiger partial charge is 0.298 e. The number of rotatable bonds is 5. The molecule has 2 fully saturated rings. The van der Waals surface area contributed by atoms with E-state index in [9.17, 15) is 9.90 Å². The van der Waals surface area contributed by atoms with Gasteiger partial charge in [0.25, 0.3) is 11.9 Å². The number of carbonyl (C=O) groups is 1. The first-order valence-electron chi connectivity index (χ1n) is 14.6. The van der Waals surface area contributed by atoms with E-state index in [4.69, 9.17) is 4.42 Å². The van der Waals surface area contributed by atoms with Crippen LogP contribution in [-0.4, -0.2) is 86.7 Å². The van der Waals surface area contributed by atoms with Crippen LogP contribution >= 0.6 is 0 Å². The highest BCUT2D eigenvalue weighted by Crippen LogP contribution is 2.27. The number of carbonyl (C=O) groups excluding carboxylic acids is 1. The summed E-state index contributed by atoms with van der Waals surface area (Å²) in [6.45, 7) is 4.32. The van der Waals surface area contributed by atoms with Gasteiger partial charge in [0, 0.05) is 57.4 Å². The van der Waals surface area contributed by atoms with E-state index in [0.717, 1.165) is 63.0 Å². The lowest BCUT2D eigenvalue weighted by Gasteiger charge is -2.43. The highest BCUT2D eigenvalue weighted by molar-refractivity contribution is 5.93. The van der Waals surface area contributed by atoms with E-state index < -0.39 is 6.10 Å². The average molecular weight is 554 g/mol. The minimum absolute atomic E-state index is 0.0515. The van der Waals surface area contributed by atoms with E-state index in [1.807, 2.05) is 24.3 Å². The number of aromatic nitrogens is 3. The molecule has 5 heterocycles. The number of benzene rings is 2. The molecular formula is C31H35N7O3. The van der Waals surface area contributed by atoms with Gasteiger partial charge >= 0.3 is 0 Å². The summed E-state index contributed by atoms with van der Waals surface area (Å²) in [6, 6.07) is 19.0. The monoisotopic (exact) mass is 553 g/mol. The van der Waals surface area contributed by atoms with Gasteiger partial charge in [-0.3, -0.25) is 9.69 Å². The number of anilines is 2. The van der Waals surface area contributed by atoms with Crippen molar-refractivity contribution < 1.29 is 14.3 Å². The summed E-state index contributed by atoms with van der Waals surface area (Å²) in [5.41, 5.74) is 4.75. The van der Waals surface area contributed by atoms with Crippen LogP contribution in [0.5, 0.6) is 0 Å². The van der Waals surface area contributed by atoms with Gasteiger partial charge in [0.05, 0.1) is 6.10 Å². The first-order valence-corrected chi connectivity index (χ1v) is 14.6. The number of β-amino-alcohol motifs (C(OH)–C–C–N with tert-alkyl or cyclic N) is 1. The molecule has 3 aliphatic heterocycles. The van der Waals surface area contributed by atoms with E-state index in [2.05, 4.69) is 54.3 Å². The number of para-hydroxylation sites is 2. The Hall–Kier alpha value is -4.02. The van der Waals surface area contributed by atoms with Gasteiger partial charge in [-0.2, -0.15) is 4.98 Å². The Kier molecular flexibility index (Phi) is 7.02. The average Bonchev–Trinajstić information content (AvgIpc) is 3.45. The van der Waals surface area contributed by atoms with E-state index in [1.54, 1.807) is 11.0 Å². The summed E-state index contributed by atoms with van der Waals surface area (Å²) >= 11 is 0. The number of hydrogen-bond acceptors (Lipinski definition) is 9. The summed E-state index contributed by atoms with van der Waals surface area (Å²) in [6.07, 6.45) is 4.37. The summed E-state index contributed by atoms with van der Waals surface area (Å²) < 4.78 is 5.93. The predicted molar refractivity (Wildman–Crippen MR) is 156 cm³/mol. The third kappa shape index (κ3) is 5.37. The fraction of sp³-hybridized carbons (Fsp3) is 0.419. The number of amides is 1. The second kappa shape index (κ2) is 11.1. The number of fused-ring (bicyclic) bond motifs is 2. The quantitative estimate of drug-likeness (QED) is 0.384. The van der Waals surface area contributed by atoms with Crippen LogP contribution in [0, 0.1) is 0 Å². The maximum atomic E-state index is 13.4. The molecule has 10 nitrogen and oxygen atoms in total. The predicted octanol–water partition coefficient (Wildman–Crippen LogP) is 3.33. The molecular weight excluding hydrogens is 518 g/mol. The molecule has 0 saturated carbocycles. The molecule has 4 aromatic rings. The third-order valence-electron chi connectivity index (χ3n) is 8.75. The number of nitrogens with zero attached hydrogens (tertiary/aromatic N) is 6. The zero-order valence-corrected chi connectivity index (χ0v) is 23.0. The van der Waals surface area contributed by atoms with Crippen molar-refractivity contribution in [3.05, 3.63) is 77.7 Å². The molecule has 0 bridgehead atoms. The number of hydrogen-bond donors (Lipinski definition) is 2. The maximum Gasteiger partial charge on any atom is 0.298 e. The summed E-state index contributed by atoms with van der Waals surface area (Å²) in [7, 11) is 0. The number of piperidine rings is 2. The molecule has 41 heavy (non-hydrogen) atoms. The largest absolute Gasteiger partial charge is 0.423 e. The zero-order valence-electron chi connectivity index (χ0n) is 23.0. The topological polar surface area (TPSA) is 111 Å². The van der Waals surface area contributed by atoms with Crippen LogP contribution in [0.1, 0.15) is 40.9 Å². The van der Waals surface area contributed by atoms with Crippen molar-refractivity contribution in [3.63, 3.8) is 0 Å². The highest BCUT2D eigenvalue weighted by atomic mass is 16.4. The molecule has 0 radical (unpaired) electrons. The fourth-order valence-corrected chi connectivity index (χ4v) is 6.47. The van der Waals surface area contributed by atoms with Crippen molar-refractivity contribution in [3.8, 4) is 0 Å².